The Kier molecular flexibility index (Phi) is 3.01. The third-order valence-corrected chi connectivity index (χ3v) is 2.68. The number of nitrogens with one attached hydrogen (secondary N) is 1. The summed E-state index contributed by atoms with van der Waals surface area (Å²) in [6, 6.07) is 4.47. The zero-order valence-corrected chi connectivity index (χ0v) is 8.52. The molecule has 2 rings (SSSR count). The summed E-state index contributed by atoms with van der Waals surface area (Å²) in [6.07, 6.45) is 1.13. The summed E-state index contributed by atoms with van der Waals surface area (Å²) in [5.41, 5.74) is 4.04. The van der Waals surface area contributed by atoms with E-state index < -0.39 is 0 Å². The monoisotopic (exact) mass is 214 g/mol. The van der Waals surface area contributed by atoms with Gasteiger partial charge in [0.2, 0.25) is 0 Å². The number of hydrogen-bond donors (Lipinski definition) is 1. The van der Waals surface area contributed by atoms with Crippen molar-refractivity contribution in [2.75, 3.05) is 13.1 Å². The summed E-state index contributed by atoms with van der Waals surface area (Å²) in [7, 11) is 0. The molecule has 1 saturated heterocycles. The molecular formula is C10H12ClFN2. The molecule has 0 unspecified atom stereocenters. The molecule has 0 saturated carbocycles. The van der Waals surface area contributed by atoms with Crippen molar-refractivity contribution in [3.63, 3.8) is 0 Å². The van der Waals surface area contributed by atoms with Gasteiger partial charge in [-0.3, -0.25) is 5.43 Å². The Balaban J connectivity index is 2.10. The minimum atomic E-state index is -0.233. The van der Waals surface area contributed by atoms with Crippen LogP contribution >= 0.6 is 11.6 Å². The van der Waals surface area contributed by atoms with Gasteiger partial charge in [-0.1, -0.05) is 11.6 Å². The van der Waals surface area contributed by atoms with Crippen LogP contribution in [-0.2, 0) is 6.54 Å². The van der Waals surface area contributed by atoms with Crippen LogP contribution in [0.5, 0.6) is 0 Å². The maximum absolute atomic E-state index is 12.9. The van der Waals surface area contributed by atoms with Crippen LogP contribution in [-0.4, -0.2) is 18.1 Å². The van der Waals surface area contributed by atoms with Gasteiger partial charge < -0.3 is 0 Å². The Morgan fingerprint density at radius 1 is 1.50 bits per heavy atom. The lowest BCUT2D eigenvalue weighted by atomic mass is 10.2. The first-order chi connectivity index (χ1) is 6.75. The quantitative estimate of drug-likeness (QED) is 0.812. The first-order valence-electron chi connectivity index (χ1n) is 4.68. The fraction of sp³-hybridized carbons (Fsp3) is 0.400. The summed E-state index contributed by atoms with van der Waals surface area (Å²) in [5.74, 6) is -0.233. The number of nitrogens with zero attached hydrogens (tertiary/aromatic N) is 1. The van der Waals surface area contributed by atoms with E-state index in [1.807, 2.05) is 0 Å². The number of hydrazine groups is 1. The van der Waals surface area contributed by atoms with Crippen LogP contribution in [0.2, 0.25) is 5.02 Å². The lowest BCUT2D eigenvalue weighted by Crippen LogP contribution is -2.30. The van der Waals surface area contributed by atoms with Gasteiger partial charge in [0.25, 0.3) is 0 Å². The van der Waals surface area contributed by atoms with Crippen LogP contribution in [0.1, 0.15) is 12.0 Å². The van der Waals surface area contributed by atoms with Gasteiger partial charge in [-0.05, 0) is 30.2 Å². The Bertz CT molecular complexity index is 324. The molecule has 4 heteroatoms. The highest BCUT2D eigenvalue weighted by Crippen LogP contribution is 2.19. The molecule has 1 N–H and O–H groups in total. The third kappa shape index (κ3) is 2.23. The van der Waals surface area contributed by atoms with Crippen LogP contribution in [0.3, 0.4) is 0 Å². The SMILES string of the molecule is Fc1ccc(Cl)c(CN2CCCN2)c1. The molecule has 14 heavy (non-hydrogen) atoms. The van der Waals surface area contributed by atoms with Gasteiger partial charge >= 0.3 is 0 Å². The molecule has 1 aliphatic rings. The minimum Gasteiger partial charge on any atom is -0.255 e. The topological polar surface area (TPSA) is 15.3 Å². The second-order valence-corrected chi connectivity index (χ2v) is 3.83. The molecule has 76 valence electrons. The average Bonchev–Trinajstić information content (AvgIpc) is 2.64. The van der Waals surface area contributed by atoms with Gasteiger partial charge in [0.1, 0.15) is 5.82 Å². The molecule has 1 fully saturated rings. The smallest absolute Gasteiger partial charge is 0.123 e. The van der Waals surface area contributed by atoms with Crippen molar-refractivity contribution in [2.24, 2.45) is 0 Å². The van der Waals surface area contributed by atoms with Gasteiger partial charge in [0, 0.05) is 24.7 Å². The highest BCUT2D eigenvalue weighted by molar-refractivity contribution is 6.31. The van der Waals surface area contributed by atoms with E-state index in [4.69, 9.17) is 11.6 Å². The Morgan fingerprint density at radius 3 is 3.07 bits per heavy atom. The molecule has 0 spiro atoms. The van der Waals surface area contributed by atoms with Crippen molar-refractivity contribution in [1.82, 2.24) is 10.4 Å². The van der Waals surface area contributed by atoms with Crippen molar-refractivity contribution in [1.29, 1.82) is 0 Å². The van der Waals surface area contributed by atoms with Gasteiger partial charge in [-0.15, -0.1) is 0 Å². The summed E-state index contributed by atoms with van der Waals surface area (Å²) in [5, 5.41) is 2.68. The van der Waals surface area contributed by atoms with Crippen LogP contribution in [0.4, 0.5) is 4.39 Å². The zero-order chi connectivity index (χ0) is 9.97. The van der Waals surface area contributed by atoms with Gasteiger partial charge in [-0.25, -0.2) is 9.40 Å². The van der Waals surface area contributed by atoms with Crippen molar-refractivity contribution >= 4 is 11.6 Å². The van der Waals surface area contributed by atoms with E-state index in [9.17, 15) is 4.39 Å². The maximum atomic E-state index is 12.9. The van der Waals surface area contributed by atoms with E-state index in [1.165, 1.54) is 12.1 Å². The second-order valence-electron chi connectivity index (χ2n) is 3.42. The fourth-order valence-electron chi connectivity index (χ4n) is 1.59. The van der Waals surface area contributed by atoms with E-state index in [0.29, 0.717) is 11.6 Å². The lowest BCUT2D eigenvalue weighted by Gasteiger charge is -2.15. The van der Waals surface area contributed by atoms with E-state index in [2.05, 4.69) is 10.4 Å². The minimum absolute atomic E-state index is 0.233. The molecule has 0 aromatic heterocycles. The van der Waals surface area contributed by atoms with Crippen molar-refractivity contribution < 1.29 is 4.39 Å². The zero-order valence-electron chi connectivity index (χ0n) is 7.76. The predicted molar refractivity (Wildman–Crippen MR) is 54.4 cm³/mol. The number of benzene rings is 1. The fourth-order valence-corrected chi connectivity index (χ4v) is 1.77. The molecule has 1 heterocycles. The first kappa shape index (κ1) is 9.90. The molecule has 0 bridgehead atoms. The normalized spacial score (nSPS) is 17.6. The standard InChI is InChI=1S/C10H12ClFN2/c11-10-3-2-9(12)6-8(10)7-14-5-1-4-13-14/h2-3,6,13H,1,4-5,7H2. The van der Waals surface area contributed by atoms with E-state index in [-0.39, 0.29) is 5.82 Å². The summed E-state index contributed by atoms with van der Waals surface area (Å²) < 4.78 is 12.9. The summed E-state index contributed by atoms with van der Waals surface area (Å²) >= 11 is 5.95. The Hall–Kier alpha value is -0.640. The molecular weight excluding hydrogens is 203 g/mol. The molecule has 1 aromatic carbocycles. The lowest BCUT2D eigenvalue weighted by molar-refractivity contribution is 0.244. The largest absolute Gasteiger partial charge is 0.255 e. The van der Waals surface area contributed by atoms with Crippen molar-refractivity contribution in [2.45, 2.75) is 13.0 Å². The average molecular weight is 215 g/mol. The van der Waals surface area contributed by atoms with Gasteiger partial charge in [-0.2, -0.15) is 0 Å². The van der Waals surface area contributed by atoms with Crippen LogP contribution in [0.15, 0.2) is 18.2 Å². The first-order valence-corrected chi connectivity index (χ1v) is 5.06. The Morgan fingerprint density at radius 2 is 2.36 bits per heavy atom. The van der Waals surface area contributed by atoms with Crippen molar-refractivity contribution in [3.05, 3.63) is 34.6 Å². The van der Waals surface area contributed by atoms with E-state index in [1.54, 1.807) is 6.07 Å². The highest BCUT2D eigenvalue weighted by atomic mass is 35.5. The van der Waals surface area contributed by atoms with Crippen LogP contribution in [0, 0.1) is 5.82 Å². The number of halogens is 2. The molecule has 1 aromatic rings. The van der Waals surface area contributed by atoms with Crippen LogP contribution < -0.4 is 5.43 Å². The number of hydrogen-bond acceptors (Lipinski definition) is 2. The maximum Gasteiger partial charge on any atom is 0.123 e. The summed E-state index contributed by atoms with van der Waals surface area (Å²) in [4.78, 5) is 0. The Labute approximate surface area is 87.6 Å². The molecule has 1 aliphatic heterocycles. The highest BCUT2D eigenvalue weighted by Gasteiger charge is 2.12. The van der Waals surface area contributed by atoms with Crippen LogP contribution in [0.25, 0.3) is 0 Å². The molecule has 2 nitrogen and oxygen atoms in total. The predicted octanol–water partition coefficient (Wildman–Crippen LogP) is 2.19. The molecule has 0 aliphatic carbocycles. The summed E-state index contributed by atoms with van der Waals surface area (Å²) in [6.45, 7) is 2.65. The second kappa shape index (κ2) is 4.26. The molecule has 0 amide bonds. The molecule has 0 atom stereocenters. The van der Waals surface area contributed by atoms with E-state index in [0.717, 1.165) is 25.1 Å². The van der Waals surface area contributed by atoms with E-state index >= 15 is 0 Å². The molecule has 0 radical (unpaired) electrons. The van der Waals surface area contributed by atoms with Gasteiger partial charge in [0.15, 0.2) is 0 Å². The number of rotatable bonds is 2. The van der Waals surface area contributed by atoms with Gasteiger partial charge in [0.05, 0.1) is 0 Å². The third-order valence-electron chi connectivity index (χ3n) is 2.31. The van der Waals surface area contributed by atoms with Crippen molar-refractivity contribution in [3.8, 4) is 0 Å².